The van der Waals surface area contributed by atoms with E-state index in [9.17, 15) is 0 Å². The van der Waals surface area contributed by atoms with Gasteiger partial charge >= 0.3 is 0 Å². The molecular formula is C51H39NOSi. The molecule has 10 rings (SSSR count). The van der Waals surface area contributed by atoms with Crippen LogP contribution >= 0.6 is 0 Å². The second-order valence-electron chi connectivity index (χ2n) is 14.9. The fraction of sp³-hybridized carbons (Fsp3) is 0.0588. The Labute approximate surface area is 317 Å². The molecule has 0 radical (unpaired) electrons. The number of anilines is 3. The Bertz CT molecular complexity index is 2690. The molecule has 0 bridgehead atoms. The molecule has 3 heteroatoms. The number of furan rings is 1. The minimum atomic E-state index is -2.69. The highest BCUT2D eigenvalue weighted by atomic mass is 28.3. The van der Waals surface area contributed by atoms with Crippen molar-refractivity contribution < 1.29 is 4.42 Å². The van der Waals surface area contributed by atoms with Crippen molar-refractivity contribution in [1.82, 2.24) is 0 Å². The number of nitrogens with zero attached hydrogens (tertiary/aromatic N) is 1. The molecule has 0 saturated carbocycles. The topological polar surface area (TPSA) is 16.4 Å². The van der Waals surface area contributed by atoms with Crippen LogP contribution in [0.25, 0.3) is 33.1 Å². The average molecular weight is 710 g/mol. The molecule has 1 aliphatic rings. The SMILES string of the molecule is CC1(C)c2ccccc2-c2ccc(N(c3ccc([Si](c4ccccc4)(c4ccccc4)c4ccccc4)cc3)c3cccc4c3oc3ccccc34)cc21. The van der Waals surface area contributed by atoms with E-state index in [1.54, 1.807) is 0 Å². The third-order valence-electron chi connectivity index (χ3n) is 11.6. The second-order valence-corrected chi connectivity index (χ2v) is 18.7. The number of hydrogen-bond acceptors (Lipinski definition) is 2. The van der Waals surface area contributed by atoms with Crippen LogP contribution in [0.15, 0.2) is 205 Å². The van der Waals surface area contributed by atoms with Gasteiger partial charge in [-0.2, -0.15) is 0 Å². The highest BCUT2D eigenvalue weighted by molar-refractivity contribution is 7.19. The van der Waals surface area contributed by atoms with E-state index in [0.29, 0.717) is 0 Å². The van der Waals surface area contributed by atoms with Gasteiger partial charge in [-0.1, -0.05) is 178 Å². The van der Waals surface area contributed by atoms with E-state index in [4.69, 9.17) is 4.42 Å². The number of benzene rings is 8. The van der Waals surface area contributed by atoms with E-state index in [-0.39, 0.29) is 5.41 Å². The van der Waals surface area contributed by atoms with E-state index in [0.717, 1.165) is 39.0 Å². The van der Waals surface area contributed by atoms with Crippen molar-refractivity contribution in [3.8, 4) is 11.1 Å². The summed E-state index contributed by atoms with van der Waals surface area (Å²) < 4.78 is 6.71. The van der Waals surface area contributed by atoms with Crippen molar-refractivity contribution in [2.45, 2.75) is 19.3 Å². The van der Waals surface area contributed by atoms with E-state index in [1.165, 1.54) is 43.0 Å². The molecule has 0 aliphatic heterocycles. The zero-order chi connectivity index (χ0) is 36.3. The van der Waals surface area contributed by atoms with Gasteiger partial charge in [-0.15, -0.1) is 0 Å². The number of rotatable bonds is 7. The summed E-state index contributed by atoms with van der Waals surface area (Å²) in [6.45, 7) is 4.70. The molecule has 9 aromatic rings. The van der Waals surface area contributed by atoms with Crippen LogP contribution in [-0.4, -0.2) is 8.07 Å². The van der Waals surface area contributed by atoms with Crippen molar-refractivity contribution in [1.29, 1.82) is 0 Å². The number of hydrogen-bond donors (Lipinski definition) is 0. The molecule has 0 spiro atoms. The zero-order valence-electron chi connectivity index (χ0n) is 30.4. The van der Waals surface area contributed by atoms with Crippen LogP contribution in [0.5, 0.6) is 0 Å². The van der Waals surface area contributed by atoms with E-state index < -0.39 is 8.07 Å². The first-order chi connectivity index (χ1) is 26.5. The fourth-order valence-electron chi connectivity index (χ4n) is 9.09. The van der Waals surface area contributed by atoms with Gasteiger partial charge in [-0.05, 0) is 79.4 Å². The van der Waals surface area contributed by atoms with E-state index in [1.807, 2.05) is 6.07 Å². The molecular weight excluding hydrogens is 671 g/mol. The van der Waals surface area contributed by atoms with Gasteiger partial charge in [-0.3, -0.25) is 0 Å². The first kappa shape index (κ1) is 32.2. The number of para-hydroxylation sites is 2. The lowest BCUT2D eigenvalue weighted by Gasteiger charge is -2.35. The third kappa shape index (κ3) is 4.86. The Morgan fingerprint density at radius 1 is 0.426 bits per heavy atom. The Balaban J connectivity index is 1.20. The highest BCUT2D eigenvalue weighted by Gasteiger charge is 2.41. The summed E-state index contributed by atoms with van der Waals surface area (Å²) >= 11 is 0. The van der Waals surface area contributed by atoms with Crippen LogP contribution in [-0.2, 0) is 5.41 Å². The Hall–Kier alpha value is -6.42. The summed E-state index contributed by atoms with van der Waals surface area (Å²) in [5.41, 5.74) is 10.2. The molecule has 2 nitrogen and oxygen atoms in total. The molecule has 8 aromatic carbocycles. The second kappa shape index (κ2) is 12.6. The normalized spacial score (nSPS) is 13.1. The van der Waals surface area contributed by atoms with Gasteiger partial charge in [0, 0.05) is 27.6 Å². The Morgan fingerprint density at radius 3 is 1.61 bits per heavy atom. The molecule has 0 saturated heterocycles. The third-order valence-corrected chi connectivity index (χ3v) is 16.4. The van der Waals surface area contributed by atoms with Crippen molar-refractivity contribution in [3.63, 3.8) is 0 Å². The lowest BCUT2D eigenvalue weighted by Crippen LogP contribution is -2.74. The van der Waals surface area contributed by atoms with Crippen LogP contribution in [0.2, 0.25) is 0 Å². The van der Waals surface area contributed by atoms with Crippen LogP contribution in [0.4, 0.5) is 17.1 Å². The summed E-state index contributed by atoms with van der Waals surface area (Å²) in [6.07, 6.45) is 0. The quantitative estimate of drug-likeness (QED) is 0.121. The van der Waals surface area contributed by atoms with E-state index >= 15 is 0 Å². The molecule has 0 unspecified atom stereocenters. The molecule has 0 atom stereocenters. The van der Waals surface area contributed by atoms with Crippen molar-refractivity contribution in [3.05, 3.63) is 211 Å². The zero-order valence-corrected chi connectivity index (χ0v) is 31.4. The van der Waals surface area contributed by atoms with Crippen molar-refractivity contribution in [2.75, 3.05) is 4.90 Å². The maximum Gasteiger partial charge on any atom is 0.179 e. The minimum Gasteiger partial charge on any atom is -0.454 e. The Kier molecular flexibility index (Phi) is 7.53. The summed E-state index contributed by atoms with van der Waals surface area (Å²) in [5, 5.41) is 7.66. The maximum atomic E-state index is 6.71. The molecule has 258 valence electrons. The molecule has 1 aliphatic carbocycles. The van der Waals surface area contributed by atoms with Crippen LogP contribution in [0, 0.1) is 0 Å². The molecule has 54 heavy (non-hydrogen) atoms. The lowest BCUT2D eigenvalue weighted by molar-refractivity contribution is 0.660. The van der Waals surface area contributed by atoms with Gasteiger partial charge < -0.3 is 9.32 Å². The molecule has 0 N–H and O–H groups in total. The summed E-state index contributed by atoms with van der Waals surface area (Å²) in [7, 11) is -2.69. The monoisotopic (exact) mass is 709 g/mol. The minimum absolute atomic E-state index is 0.130. The van der Waals surface area contributed by atoms with Gasteiger partial charge in [0.15, 0.2) is 13.7 Å². The van der Waals surface area contributed by atoms with Crippen molar-refractivity contribution in [2.24, 2.45) is 0 Å². The lowest BCUT2D eigenvalue weighted by atomic mass is 9.82. The van der Waals surface area contributed by atoms with Crippen LogP contribution in [0.1, 0.15) is 25.0 Å². The summed E-state index contributed by atoms with van der Waals surface area (Å²) in [6, 6.07) is 73.5. The predicted octanol–water partition coefficient (Wildman–Crippen LogP) is 10.7. The summed E-state index contributed by atoms with van der Waals surface area (Å²) in [4.78, 5) is 2.39. The first-order valence-corrected chi connectivity index (χ1v) is 20.8. The summed E-state index contributed by atoms with van der Waals surface area (Å²) in [5.74, 6) is 0. The van der Waals surface area contributed by atoms with Gasteiger partial charge in [0.05, 0.1) is 5.69 Å². The Morgan fingerprint density at radius 2 is 0.944 bits per heavy atom. The van der Waals surface area contributed by atoms with Crippen molar-refractivity contribution >= 4 is 67.8 Å². The largest absolute Gasteiger partial charge is 0.454 e. The molecule has 0 amide bonds. The van der Waals surface area contributed by atoms with Gasteiger partial charge in [0.2, 0.25) is 0 Å². The predicted molar refractivity (Wildman–Crippen MR) is 230 cm³/mol. The van der Waals surface area contributed by atoms with Gasteiger partial charge in [0.1, 0.15) is 5.58 Å². The van der Waals surface area contributed by atoms with Gasteiger partial charge in [0.25, 0.3) is 0 Å². The smallest absolute Gasteiger partial charge is 0.179 e. The number of fused-ring (bicyclic) bond motifs is 6. The molecule has 0 fully saturated rings. The average Bonchev–Trinajstić information content (AvgIpc) is 3.73. The van der Waals surface area contributed by atoms with Crippen LogP contribution in [0.3, 0.4) is 0 Å². The van der Waals surface area contributed by atoms with Crippen LogP contribution < -0.4 is 25.6 Å². The molecule has 1 aromatic heterocycles. The van der Waals surface area contributed by atoms with Gasteiger partial charge in [-0.25, -0.2) is 0 Å². The fourth-order valence-corrected chi connectivity index (χ4v) is 13.8. The first-order valence-electron chi connectivity index (χ1n) is 18.8. The highest BCUT2D eigenvalue weighted by Crippen LogP contribution is 2.51. The maximum absolute atomic E-state index is 6.71. The van der Waals surface area contributed by atoms with E-state index in [2.05, 4.69) is 213 Å². The standard InChI is InChI=1S/C51H39NOSi/c1-51(2)46-26-14-12-23-42(46)43-34-31-37(35-47(43)51)52(48-27-16-25-45-44-24-13-15-28-49(44)53-50(45)48)36-29-32-41(33-30-36)54(38-17-6-3-7-18-38,39-19-8-4-9-20-39)40-21-10-5-11-22-40/h3-35H,1-2H3. The molecule has 1 heterocycles.